The Labute approximate surface area is 197 Å². The number of nitrogens with zero attached hydrogens (tertiary/aromatic N) is 2. The van der Waals surface area contributed by atoms with Crippen LogP contribution in [0.3, 0.4) is 0 Å². The van der Waals surface area contributed by atoms with Gasteiger partial charge in [-0.3, -0.25) is 9.59 Å². The molecule has 0 saturated carbocycles. The number of thioether (sulfide) groups is 1. The minimum atomic E-state index is -3.76. The molecule has 2 heterocycles. The van der Waals surface area contributed by atoms with Crippen LogP contribution in [0.25, 0.3) is 0 Å². The fourth-order valence-electron chi connectivity index (χ4n) is 3.99. The summed E-state index contributed by atoms with van der Waals surface area (Å²) in [5, 5.41) is 1.59. The van der Waals surface area contributed by atoms with Crippen LogP contribution in [0.5, 0.6) is 0 Å². The first-order chi connectivity index (χ1) is 15.7. The van der Waals surface area contributed by atoms with Crippen LogP contribution in [0.2, 0.25) is 0 Å². The first-order valence-corrected chi connectivity index (χ1v) is 13.2. The Kier molecular flexibility index (Phi) is 6.67. The monoisotopic (exact) mass is 491 g/mol. The highest BCUT2D eigenvalue weighted by atomic mass is 32.2. The van der Waals surface area contributed by atoms with Gasteiger partial charge >= 0.3 is 0 Å². The van der Waals surface area contributed by atoms with E-state index in [1.165, 1.54) is 36.9 Å². The Morgan fingerprint density at radius 2 is 1.88 bits per heavy atom. The molecule has 10 heteroatoms. The average molecular weight is 492 g/mol. The van der Waals surface area contributed by atoms with E-state index in [9.17, 15) is 22.4 Å². The Hall–Kier alpha value is -2.59. The molecule has 0 aliphatic carbocycles. The normalized spacial score (nSPS) is 19.6. The summed E-state index contributed by atoms with van der Waals surface area (Å²) in [6.07, 6.45) is -0.142. The molecule has 2 aromatic rings. The van der Waals surface area contributed by atoms with Crippen molar-refractivity contribution in [1.29, 1.82) is 0 Å². The summed E-state index contributed by atoms with van der Waals surface area (Å²) in [5.74, 6) is -0.708. The molecule has 0 bridgehead atoms. The summed E-state index contributed by atoms with van der Waals surface area (Å²) < 4.78 is 40.3. The van der Waals surface area contributed by atoms with Crippen molar-refractivity contribution in [2.24, 2.45) is 0 Å². The van der Waals surface area contributed by atoms with Crippen LogP contribution in [0.15, 0.2) is 52.3 Å². The topological polar surface area (TPSA) is 86.8 Å². The molecule has 1 saturated heterocycles. The van der Waals surface area contributed by atoms with Crippen LogP contribution in [0, 0.1) is 5.82 Å². The van der Waals surface area contributed by atoms with Crippen molar-refractivity contribution in [3.05, 3.63) is 48.3 Å². The van der Waals surface area contributed by atoms with Crippen molar-refractivity contribution in [3.63, 3.8) is 0 Å². The Bertz CT molecular complexity index is 1180. The number of halogens is 1. The fraction of sp³-hybridized carbons (Fsp3) is 0.391. The number of hydrogen-bond acceptors (Lipinski definition) is 6. The van der Waals surface area contributed by atoms with Gasteiger partial charge < -0.3 is 15.1 Å². The van der Waals surface area contributed by atoms with Gasteiger partial charge in [-0.05, 0) is 44.2 Å². The molecule has 2 aliphatic rings. The second-order valence-electron chi connectivity index (χ2n) is 8.29. The second-order valence-corrected chi connectivity index (χ2v) is 12.0. The maximum Gasteiger partial charge on any atom is 0.237 e. The average Bonchev–Trinajstić information content (AvgIpc) is 2.80. The number of fused-ring (bicyclic) bond motifs is 1. The summed E-state index contributed by atoms with van der Waals surface area (Å²) in [7, 11) is -3.76. The molecule has 2 aromatic carbocycles. The maximum atomic E-state index is 14.0. The van der Waals surface area contributed by atoms with Crippen molar-refractivity contribution in [3.8, 4) is 0 Å². The molecule has 0 aromatic heterocycles. The van der Waals surface area contributed by atoms with Gasteiger partial charge in [0, 0.05) is 37.5 Å². The Balaban J connectivity index is 1.39. The number of amides is 2. The standard InChI is InChI=1S/C23H26FN3O4S2/c1-15(33(30,31)17-7-8-21-19(14-17)25-23(29)16(2)32-21)13-22(28)27-11-9-26(10-12-27)20-6-4-3-5-18(20)24/h3-8,14-16H,9-13H2,1-2H3,(H,25,29). The van der Waals surface area contributed by atoms with E-state index < -0.39 is 15.1 Å². The van der Waals surface area contributed by atoms with Gasteiger partial charge in [0.1, 0.15) is 5.82 Å². The maximum absolute atomic E-state index is 14.0. The zero-order chi connectivity index (χ0) is 23.8. The Morgan fingerprint density at radius 3 is 2.58 bits per heavy atom. The van der Waals surface area contributed by atoms with Crippen LogP contribution >= 0.6 is 11.8 Å². The SMILES string of the molecule is CC1Sc2ccc(S(=O)(=O)C(C)CC(=O)N3CCN(c4ccccc4F)CC3)cc2NC1=O. The Morgan fingerprint density at radius 1 is 1.18 bits per heavy atom. The summed E-state index contributed by atoms with van der Waals surface area (Å²) in [4.78, 5) is 29.2. The third kappa shape index (κ3) is 4.86. The van der Waals surface area contributed by atoms with Gasteiger partial charge in [0.25, 0.3) is 0 Å². The summed E-state index contributed by atoms with van der Waals surface area (Å²) in [6.45, 7) is 5.08. The van der Waals surface area contributed by atoms with E-state index in [1.54, 1.807) is 36.1 Å². The van der Waals surface area contributed by atoms with Crippen LogP contribution in [-0.2, 0) is 19.4 Å². The molecule has 0 radical (unpaired) electrons. The first-order valence-electron chi connectivity index (χ1n) is 10.8. The minimum Gasteiger partial charge on any atom is -0.366 e. The fourth-order valence-corrected chi connectivity index (χ4v) is 6.28. The van der Waals surface area contributed by atoms with Crippen LogP contribution < -0.4 is 10.2 Å². The molecule has 2 aliphatic heterocycles. The quantitative estimate of drug-likeness (QED) is 0.692. The molecular formula is C23H26FN3O4S2. The summed E-state index contributed by atoms with van der Waals surface area (Å²) in [6, 6.07) is 11.2. The number of sulfone groups is 1. The molecule has 4 rings (SSSR count). The van der Waals surface area contributed by atoms with Gasteiger partial charge in [-0.2, -0.15) is 0 Å². The van der Waals surface area contributed by atoms with Gasteiger partial charge in [0.15, 0.2) is 9.84 Å². The molecule has 1 fully saturated rings. The number of hydrogen-bond donors (Lipinski definition) is 1. The van der Waals surface area contributed by atoms with E-state index in [1.807, 2.05) is 4.90 Å². The number of carbonyl (C=O) groups is 2. The van der Waals surface area contributed by atoms with Gasteiger partial charge in [0.2, 0.25) is 11.8 Å². The molecular weight excluding hydrogens is 465 g/mol. The van der Waals surface area contributed by atoms with Crippen molar-refractivity contribution >= 4 is 44.8 Å². The van der Waals surface area contributed by atoms with Crippen LogP contribution in [0.4, 0.5) is 15.8 Å². The lowest BCUT2D eigenvalue weighted by Crippen LogP contribution is -2.49. The lowest BCUT2D eigenvalue weighted by atomic mass is 10.2. The lowest BCUT2D eigenvalue weighted by Gasteiger charge is -2.36. The molecule has 2 unspecified atom stereocenters. The van der Waals surface area contributed by atoms with Gasteiger partial charge in [-0.1, -0.05) is 12.1 Å². The van der Waals surface area contributed by atoms with E-state index in [0.717, 1.165) is 4.90 Å². The van der Waals surface area contributed by atoms with E-state index in [2.05, 4.69) is 5.32 Å². The zero-order valence-corrected chi connectivity index (χ0v) is 20.1. The highest BCUT2D eigenvalue weighted by molar-refractivity contribution is 8.01. The van der Waals surface area contributed by atoms with Gasteiger partial charge in [-0.25, -0.2) is 12.8 Å². The molecule has 1 N–H and O–H groups in total. The van der Waals surface area contributed by atoms with Gasteiger partial charge in [-0.15, -0.1) is 11.8 Å². The molecule has 33 heavy (non-hydrogen) atoms. The molecule has 0 spiro atoms. The van der Waals surface area contributed by atoms with Crippen molar-refractivity contribution < 1.29 is 22.4 Å². The largest absolute Gasteiger partial charge is 0.366 e. The van der Waals surface area contributed by atoms with Gasteiger partial charge in [0.05, 0.1) is 26.8 Å². The minimum absolute atomic E-state index is 0.0846. The van der Waals surface area contributed by atoms with Crippen LogP contribution in [0.1, 0.15) is 20.3 Å². The number of rotatable bonds is 5. The first kappa shape index (κ1) is 23.6. The van der Waals surface area contributed by atoms with E-state index >= 15 is 0 Å². The highest BCUT2D eigenvalue weighted by Gasteiger charge is 2.31. The van der Waals surface area contributed by atoms with E-state index in [4.69, 9.17) is 0 Å². The smallest absolute Gasteiger partial charge is 0.237 e. The van der Waals surface area contributed by atoms with Crippen molar-refractivity contribution in [2.45, 2.75) is 40.6 Å². The molecule has 2 amide bonds. The number of carbonyl (C=O) groups excluding carboxylic acids is 2. The van der Waals surface area contributed by atoms with Crippen molar-refractivity contribution in [2.75, 3.05) is 36.4 Å². The summed E-state index contributed by atoms with van der Waals surface area (Å²) >= 11 is 1.38. The third-order valence-electron chi connectivity index (χ3n) is 6.03. The number of piperazine rings is 1. The van der Waals surface area contributed by atoms with Crippen LogP contribution in [-0.4, -0.2) is 61.8 Å². The lowest BCUT2D eigenvalue weighted by molar-refractivity contribution is -0.131. The molecule has 7 nitrogen and oxygen atoms in total. The predicted molar refractivity (Wildman–Crippen MR) is 127 cm³/mol. The number of nitrogens with one attached hydrogen (secondary N) is 1. The highest BCUT2D eigenvalue weighted by Crippen LogP contribution is 2.37. The molecule has 176 valence electrons. The van der Waals surface area contributed by atoms with E-state index in [0.29, 0.717) is 37.6 Å². The molecule has 2 atom stereocenters. The number of benzene rings is 2. The predicted octanol–water partition coefficient (Wildman–Crippen LogP) is 3.16. The number of anilines is 2. The zero-order valence-electron chi connectivity index (χ0n) is 18.5. The van der Waals surface area contributed by atoms with Crippen molar-refractivity contribution in [1.82, 2.24) is 4.90 Å². The summed E-state index contributed by atoms with van der Waals surface area (Å²) in [5.41, 5.74) is 0.986. The number of para-hydroxylation sites is 1. The second kappa shape index (κ2) is 9.34. The van der Waals surface area contributed by atoms with E-state index in [-0.39, 0.29) is 34.2 Å². The third-order valence-corrected chi connectivity index (χ3v) is 9.34.